The molecule has 0 aliphatic carbocycles. The van der Waals surface area contributed by atoms with E-state index in [1.807, 2.05) is 4.90 Å². The molecule has 0 radical (unpaired) electrons. The Kier molecular flexibility index (Phi) is 7.97. The van der Waals surface area contributed by atoms with Crippen LogP contribution in [-0.4, -0.2) is 55.7 Å². The van der Waals surface area contributed by atoms with Gasteiger partial charge in [0.15, 0.2) is 19.0 Å². The molecule has 0 spiro atoms. The van der Waals surface area contributed by atoms with Crippen molar-refractivity contribution < 1.29 is 19.1 Å². The summed E-state index contributed by atoms with van der Waals surface area (Å²) in [6.45, 7) is 6.93. The van der Waals surface area contributed by atoms with Gasteiger partial charge in [-0.1, -0.05) is 13.3 Å². The minimum absolute atomic E-state index is 0.00844. The Morgan fingerprint density at radius 1 is 1.13 bits per heavy atom. The zero-order valence-electron chi connectivity index (χ0n) is 18.5. The highest BCUT2D eigenvalue weighted by molar-refractivity contribution is 5.89. The Morgan fingerprint density at radius 3 is 2.52 bits per heavy atom. The van der Waals surface area contributed by atoms with Crippen molar-refractivity contribution in [2.24, 2.45) is 0 Å². The average Bonchev–Trinajstić information content (AvgIpc) is 3.22. The molecule has 9 nitrogen and oxygen atoms in total. The number of esters is 1. The first kappa shape index (κ1) is 22.7. The Balaban J connectivity index is 1.49. The van der Waals surface area contributed by atoms with E-state index in [4.69, 9.17) is 9.47 Å². The van der Waals surface area contributed by atoms with Gasteiger partial charge < -0.3 is 14.4 Å². The predicted octanol–water partition coefficient (Wildman–Crippen LogP) is 3.00. The number of benzene rings is 1. The van der Waals surface area contributed by atoms with Gasteiger partial charge in [0.05, 0.1) is 5.56 Å². The summed E-state index contributed by atoms with van der Waals surface area (Å²) in [5.74, 6) is 0.569. The summed E-state index contributed by atoms with van der Waals surface area (Å²) in [6.07, 6.45) is 5.18. The molecule has 0 unspecified atom stereocenters. The van der Waals surface area contributed by atoms with Crippen LogP contribution in [-0.2, 0) is 22.7 Å². The van der Waals surface area contributed by atoms with Gasteiger partial charge in [0.25, 0.3) is 5.91 Å². The number of nitrogens with zero attached hydrogens (tertiary/aromatic N) is 5. The zero-order chi connectivity index (χ0) is 22.2. The molecule has 1 aliphatic rings. The van der Waals surface area contributed by atoms with Gasteiger partial charge in [0, 0.05) is 18.6 Å². The van der Waals surface area contributed by atoms with E-state index in [1.54, 1.807) is 28.9 Å². The van der Waals surface area contributed by atoms with Gasteiger partial charge in [-0.25, -0.2) is 9.48 Å². The SMILES string of the molecule is CCCCn1nnnc1COC(=O)c1ccc(OCC(=O)N2[C@@H](C)CCC[C@@H]2C)cc1. The van der Waals surface area contributed by atoms with Crippen molar-refractivity contribution in [2.45, 2.75) is 78.1 Å². The summed E-state index contributed by atoms with van der Waals surface area (Å²) in [4.78, 5) is 26.8. The van der Waals surface area contributed by atoms with Crippen molar-refractivity contribution in [3.05, 3.63) is 35.7 Å². The van der Waals surface area contributed by atoms with Gasteiger partial charge in [-0.3, -0.25) is 4.79 Å². The molecule has 3 rings (SSSR count). The maximum atomic E-state index is 12.6. The zero-order valence-corrected chi connectivity index (χ0v) is 18.5. The summed E-state index contributed by atoms with van der Waals surface area (Å²) in [7, 11) is 0. The molecule has 1 aliphatic heterocycles. The summed E-state index contributed by atoms with van der Waals surface area (Å²) < 4.78 is 12.6. The molecule has 2 atom stereocenters. The molecule has 31 heavy (non-hydrogen) atoms. The summed E-state index contributed by atoms with van der Waals surface area (Å²) in [6, 6.07) is 7.04. The molecular weight excluding hydrogens is 398 g/mol. The van der Waals surface area contributed by atoms with E-state index >= 15 is 0 Å². The molecule has 0 bridgehead atoms. The van der Waals surface area contributed by atoms with Crippen LogP contribution in [0.15, 0.2) is 24.3 Å². The molecule has 2 aromatic rings. The minimum Gasteiger partial charge on any atom is -0.484 e. The monoisotopic (exact) mass is 429 g/mol. The predicted molar refractivity (Wildman–Crippen MR) is 113 cm³/mol. The van der Waals surface area contributed by atoms with Crippen LogP contribution in [0.4, 0.5) is 0 Å². The lowest BCUT2D eigenvalue weighted by molar-refractivity contribution is -0.139. The number of tetrazole rings is 1. The van der Waals surface area contributed by atoms with Gasteiger partial charge in [-0.15, -0.1) is 5.10 Å². The molecule has 1 aromatic heterocycles. The van der Waals surface area contributed by atoms with E-state index in [9.17, 15) is 9.59 Å². The van der Waals surface area contributed by atoms with Crippen molar-refractivity contribution in [3.63, 3.8) is 0 Å². The van der Waals surface area contributed by atoms with Crippen molar-refractivity contribution in [2.75, 3.05) is 6.61 Å². The van der Waals surface area contributed by atoms with Gasteiger partial charge in [0.2, 0.25) is 0 Å². The highest BCUT2D eigenvalue weighted by atomic mass is 16.5. The summed E-state index contributed by atoms with van der Waals surface area (Å²) >= 11 is 0. The maximum absolute atomic E-state index is 12.6. The fraction of sp³-hybridized carbons (Fsp3) is 0.591. The van der Waals surface area contributed by atoms with Crippen LogP contribution in [0.2, 0.25) is 0 Å². The van der Waals surface area contributed by atoms with Crippen LogP contribution < -0.4 is 4.74 Å². The van der Waals surface area contributed by atoms with Crippen molar-refractivity contribution >= 4 is 11.9 Å². The highest BCUT2D eigenvalue weighted by Gasteiger charge is 2.29. The van der Waals surface area contributed by atoms with Gasteiger partial charge in [-0.05, 0) is 74.2 Å². The number of hydrogen-bond acceptors (Lipinski definition) is 7. The fourth-order valence-electron chi connectivity index (χ4n) is 3.84. The number of likely N-dealkylation sites (tertiary alicyclic amines) is 1. The lowest BCUT2D eigenvalue weighted by atomic mass is 9.97. The van der Waals surface area contributed by atoms with E-state index in [1.165, 1.54) is 0 Å². The quantitative estimate of drug-likeness (QED) is 0.565. The number of carbonyl (C=O) groups excluding carboxylic acids is 2. The van der Waals surface area contributed by atoms with E-state index in [2.05, 4.69) is 36.3 Å². The number of aryl methyl sites for hydroxylation is 1. The van der Waals surface area contributed by atoms with Gasteiger partial charge in [-0.2, -0.15) is 0 Å². The Labute approximate surface area is 182 Å². The van der Waals surface area contributed by atoms with Crippen LogP contribution in [0.3, 0.4) is 0 Å². The van der Waals surface area contributed by atoms with Crippen molar-refractivity contribution in [3.8, 4) is 5.75 Å². The topological polar surface area (TPSA) is 99.4 Å². The fourth-order valence-corrected chi connectivity index (χ4v) is 3.84. The largest absolute Gasteiger partial charge is 0.484 e. The molecular formula is C22H31N5O4. The van der Waals surface area contributed by atoms with Crippen LogP contribution in [0, 0.1) is 0 Å². The lowest BCUT2D eigenvalue weighted by Gasteiger charge is -2.38. The third-order valence-electron chi connectivity index (χ3n) is 5.60. The molecule has 1 aromatic carbocycles. The van der Waals surface area contributed by atoms with E-state index in [0.29, 0.717) is 23.7 Å². The first-order valence-corrected chi connectivity index (χ1v) is 11.0. The van der Waals surface area contributed by atoms with Crippen LogP contribution in [0.1, 0.15) is 69.1 Å². The van der Waals surface area contributed by atoms with E-state index in [-0.39, 0.29) is 31.2 Å². The third-order valence-corrected chi connectivity index (χ3v) is 5.60. The molecule has 0 N–H and O–H groups in total. The molecule has 1 fully saturated rings. The van der Waals surface area contributed by atoms with Crippen LogP contribution in [0.5, 0.6) is 5.75 Å². The number of hydrogen-bond donors (Lipinski definition) is 0. The highest BCUT2D eigenvalue weighted by Crippen LogP contribution is 2.23. The molecule has 1 amide bonds. The number of unbranched alkanes of at least 4 members (excludes halogenated alkanes) is 1. The second kappa shape index (κ2) is 10.9. The second-order valence-electron chi connectivity index (χ2n) is 7.99. The van der Waals surface area contributed by atoms with Crippen LogP contribution >= 0.6 is 0 Å². The van der Waals surface area contributed by atoms with Gasteiger partial charge >= 0.3 is 5.97 Å². The number of ether oxygens (including phenoxy) is 2. The smallest absolute Gasteiger partial charge is 0.338 e. The number of carbonyl (C=O) groups is 2. The number of rotatable bonds is 9. The molecule has 9 heteroatoms. The van der Waals surface area contributed by atoms with Crippen molar-refractivity contribution in [1.82, 2.24) is 25.1 Å². The van der Waals surface area contributed by atoms with Crippen LogP contribution in [0.25, 0.3) is 0 Å². The number of piperidine rings is 1. The molecule has 1 saturated heterocycles. The standard InChI is InChI=1S/C22H31N5O4/c1-4-5-13-26-20(23-24-25-26)14-31-22(29)18-9-11-19(12-10-18)30-15-21(28)27-16(2)7-6-8-17(27)3/h9-12,16-17H,4-8,13-15H2,1-3H3/t16-,17-/m0/s1. The van der Waals surface area contributed by atoms with Gasteiger partial charge in [0.1, 0.15) is 5.75 Å². The first-order chi connectivity index (χ1) is 15.0. The first-order valence-electron chi connectivity index (χ1n) is 11.0. The van der Waals surface area contributed by atoms with E-state index < -0.39 is 5.97 Å². The average molecular weight is 430 g/mol. The Hall–Kier alpha value is -2.97. The summed E-state index contributed by atoms with van der Waals surface area (Å²) in [5, 5.41) is 11.5. The second-order valence-corrected chi connectivity index (χ2v) is 7.99. The molecule has 2 heterocycles. The summed E-state index contributed by atoms with van der Waals surface area (Å²) in [5.41, 5.74) is 0.393. The minimum atomic E-state index is -0.469. The molecule has 0 saturated carbocycles. The van der Waals surface area contributed by atoms with Crippen molar-refractivity contribution in [1.29, 1.82) is 0 Å². The lowest BCUT2D eigenvalue weighted by Crippen LogP contribution is -2.49. The third kappa shape index (κ3) is 6.02. The Bertz CT molecular complexity index is 857. The normalized spacial score (nSPS) is 18.6. The molecule has 168 valence electrons. The Morgan fingerprint density at radius 2 is 1.84 bits per heavy atom. The number of amides is 1. The van der Waals surface area contributed by atoms with E-state index in [0.717, 1.165) is 32.1 Å². The number of aromatic nitrogens is 4. The maximum Gasteiger partial charge on any atom is 0.338 e.